The molecule has 10 aromatic rings. The zero-order chi connectivity index (χ0) is 38.1. The largest absolute Gasteiger partial charge is 0.228 e. The van der Waals surface area contributed by atoms with Gasteiger partial charge in [-0.3, -0.25) is 0 Å². The number of rotatable bonds is 5. The van der Waals surface area contributed by atoms with Gasteiger partial charge in [-0.2, -0.15) is 0 Å². The fourth-order valence-corrected chi connectivity index (χ4v) is 9.22. The maximum absolute atomic E-state index is 5.42. The highest BCUT2D eigenvalue weighted by Gasteiger charge is 2.36. The normalized spacial score (nSPS) is 12.9. The number of hydrogen-bond acceptors (Lipinski definition) is 2. The summed E-state index contributed by atoms with van der Waals surface area (Å²) in [5.74, 6) is 0.706. The zero-order valence-electron chi connectivity index (χ0n) is 31.9. The Morgan fingerprint density at radius 1 is 0.316 bits per heavy atom. The van der Waals surface area contributed by atoms with Gasteiger partial charge in [-0.25, -0.2) is 9.97 Å². The van der Waals surface area contributed by atoms with Crippen molar-refractivity contribution < 1.29 is 0 Å². The van der Waals surface area contributed by atoms with Crippen LogP contribution in [-0.4, -0.2) is 9.97 Å². The van der Waals surface area contributed by atoms with Crippen molar-refractivity contribution in [3.05, 3.63) is 205 Å². The average molecular weight is 727 g/mol. The third kappa shape index (κ3) is 5.40. The van der Waals surface area contributed by atoms with Crippen molar-refractivity contribution in [3.63, 3.8) is 0 Å². The second-order valence-corrected chi connectivity index (χ2v) is 15.7. The molecule has 0 aliphatic heterocycles. The highest BCUT2D eigenvalue weighted by atomic mass is 14.9. The molecule has 9 aromatic carbocycles. The lowest BCUT2D eigenvalue weighted by Gasteiger charge is -2.22. The third-order valence-corrected chi connectivity index (χ3v) is 12.1. The summed E-state index contributed by atoms with van der Waals surface area (Å²) in [4.78, 5) is 10.8. The molecule has 1 aliphatic rings. The molecule has 0 atom stereocenters. The topological polar surface area (TPSA) is 25.8 Å². The molecular weight excluding hydrogens is 689 g/mol. The molecule has 0 unspecified atom stereocenters. The first-order chi connectivity index (χ1) is 28.0. The van der Waals surface area contributed by atoms with Crippen LogP contribution in [0.3, 0.4) is 0 Å². The van der Waals surface area contributed by atoms with Gasteiger partial charge in [-0.1, -0.05) is 178 Å². The SMILES string of the molecule is CC1(C)c2ccc(-c3ccc(-c4nc(-c5ccccc5-c5ccccc5)cc(-c5cccc6ccccc56)n4)c4ccccc34)cc2-c2cc3ccccc3cc21. The smallest absolute Gasteiger partial charge is 0.161 e. The van der Waals surface area contributed by atoms with Crippen LogP contribution >= 0.6 is 0 Å². The van der Waals surface area contributed by atoms with Gasteiger partial charge in [0.2, 0.25) is 0 Å². The minimum absolute atomic E-state index is 0.0809. The molecule has 0 amide bonds. The van der Waals surface area contributed by atoms with E-state index in [4.69, 9.17) is 9.97 Å². The molecule has 0 saturated carbocycles. The van der Waals surface area contributed by atoms with E-state index in [9.17, 15) is 0 Å². The Hall–Kier alpha value is -7.16. The minimum Gasteiger partial charge on any atom is -0.228 e. The van der Waals surface area contributed by atoms with Crippen molar-refractivity contribution in [2.45, 2.75) is 19.3 Å². The molecule has 0 spiro atoms. The molecule has 0 bridgehead atoms. The van der Waals surface area contributed by atoms with Gasteiger partial charge >= 0.3 is 0 Å². The Morgan fingerprint density at radius 2 is 0.877 bits per heavy atom. The van der Waals surface area contributed by atoms with Gasteiger partial charge in [0.1, 0.15) is 0 Å². The van der Waals surface area contributed by atoms with E-state index >= 15 is 0 Å². The Balaban J connectivity index is 1.11. The summed E-state index contributed by atoms with van der Waals surface area (Å²) in [6.45, 7) is 4.71. The summed E-state index contributed by atoms with van der Waals surface area (Å²) in [5.41, 5.74) is 15.0. The summed E-state index contributed by atoms with van der Waals surface area (Å²) in [5, 5.41) is 7.22. The average Bonchev–Trinajstić information content (AvgIpc) is 3.49. The van der Waals surface area contributed by atoms with Crippen LogP contribution in [0.25, 0.3) is 99.6 Å². The van der Waals surface area contributed by atoms with Crippen molar-refractivity contribution in [2.24, 2.45) is 0 Å². The van der Waals surface area contributed by atoms with Crippen LogP contribution in [0.1, 0.15) is 25.0 Å². The van der Waals surface area contributed by atoms with Crippen molar-refractivity contribution in [2.75, 3.05) is 0 Å². The standard InChI is InChI=1S/C55H38N2/c1-55(2)50-30-27-39(32-48(50)49-31-37-18-6-7-19-38(37)33-51(49)55)42-28-29-47(44-24-12-11-23-43(42)44)54-56-52(45-25-13-10-22-40(45)35-15-4-3-5-16-35)34-53(57-54)46-26-14-20-36-17-8-9-21-41(36)46/h3-34H,1-2H3. The summed E-state index contributed by atoms with van der Waals surface area (Å²) < 4.78 is 0. The molecule has 1 aromatic heterocycles. The Bertz CT molecular complexity index is 3210. The molecule has 268 valence electrons. The number of fused-ring (bicyclic) bond motifs is 6. The van der Waals surface area contributed by atoms with E-state index in [0.29, 0.717) is 5.82 Å². The molecule has 57 heavy (non-hydrogen) atoms. The van der Waals surface area contributed by atoms with Gasteiger partial charge in [-0.05, 0) is 107 Å². The van der Waals surface area contributed by atoms with Crippen molar-refractivity contribution >= 4 is 32.3 Å². The molecule has 2 heteroatoms. The van der Waals surface area contributed by atoms with Crippen LogP contribution in [0.2, 0.25) is 0 Å². The van der Waals surface area contributed by atoms with Crippen LogP contribution in [0.15, 0.2) is 194 Å². The highest BCUT2D eigenvalue weighted by Crippen LogP contribution is 2.51. The Morgan fingerprint density at radius 3 is 1.67 bits per heavy atom. The second-order valence-electron chi connectivity index (χ2n) is 15.7. The quantitative estimate of drug-likeness (QED) is 0.176. The van der Waals surface area contributed by atoms with Gasteiger partial charge in [0.15, 0.2) is 5.82 Å². The fourth-order valence-electron chi connectivity index (χ4n) is 9.22. The van der Waals surface area contributed by atoms with Crippen LogP contribution in [0.4, 0.5) is 0 Å². The predicted octanol–water partition coefficient (Wildman–Crippen LogP) is 14.6. The molecule has 1 heterocycles. The summed E-state index contributed by atoms with van der Waals surface area (Å²) >= 11 is 0. The van der Waals surface area contributed by atoms with E-state index in [2.05, 4.69) is 208 Å². The van der Waals surface area contributed by atoms with E-state index < -0.39 is 0 Å². The van der Waals surface area contributed by atoms with Crippen LogP contribution in [0.5, 0.6) is 0 Å². The predicted molar refractivity (Wildman–Crippen MR) is 239 cm³/mol. The molecular formula is C55H38N2. The summed E-state index contributed by atoms with van der Waals surface area (Å²) in [7, 11) is 0. The first-order valence-electron chi connectivity index (χ1n) is 19.7. The second kappa shape index (κ2) is 13.0. The van der Waals surface area contributed by atoms with E-state index in [0.717, 1.165) is 44.6 Å². The van der Waals surface area contributed by atoms with Crippen molar-refractivity contribution in [1.82, 2.24) is 9.97 Å². The molecule has 1 aliphatic carbocycles. The minimum atomic E-state index is -0.0809. The van der Waals surface area contributed by atoms with E-state index in [1.54, 1.807) is 0 Å². The lowest BCUT2D eigenvalue weighted by molar-refractivity contribution is 0.661. The van der Waals surface area contributed by atoms with E-state index in [1.165, 1.54) is 60.3 Å². The van der Waals surface area contributed by atoms with E-state index in [1.807, 2.05) is 0 Å². The highest BCUT2D eigenvalue weighted by molar-refractivity contribution is 6.06. The van der Waals surface area contributed by atoms with Crippen LogP contribution in [0, 0.1) is 0 Å². The first kappa shape index (κ1) is 33.2. The molecule has 0 N–H and O–H groups in total. The Kier molecular flexibility index (Phi) is 7.55. The van der Waals surface area contributed by atoms with Gasteiger partial charge < -0.3 is 0 Å². The van der Waals surface area contributed by atoms with Gasteiger partial charge in [-0.15, -0.1) is 0 Å². The fraction of sp³-hybridized carbons (Fsp3) is 0.0545. The number of hydrogen-bond donors (Lipinski definition) is 0. The van der Waals surface area contributed by atoms with Gasteiger partial charge in [0.05, 0.1) is 11.4 Å². The van der Waals surface area contributed by atoms with Crippen LogP contribution in [-0.2, 0) is 5.41 Å². The number of aromatic nitrogens is 2. The monoisotopic (exact) mass is 726 g/mol. The van der Waals surface area contributed by atoms with Gasteiger partial charge in [0, 0.05) is 22.1 Å². The van der Waals surface area contributed by atoms with Crippen molar-refractivity contribution in [3.8, 4) is 67.3 Å². The van der Waals surface area contributed by atoms with Crippen molar-refractivity contribution in [1.29, 1.82) is 0 Å². The Labute approximate surface area is 332 Å². The number of benzene rings is 9. The zero-order valence-corrected chi connectivity index (χ0v) is 31.9. The summed E-state index contributed by atoms with van der Waals surface area (Å²) in [6, 6.07) is 70.1. The first-order valence-corrected chi connectivity index (χ1v) is 19.7. The van der Waals surface area contributed by atoms with E-state index in [-0.39, 0.29) is 5.41 Å². The molecule has 11 rings (SSSR count). The third-order valence-electron chi connectivity index (χ3n) is 12.1. The molecule has 0 saturated heterocycles. The number of nitrogens with zero attached hydrogens (tertiary/aromatic N) is 2. The van der Waals surface area contributed by atoms with Gasteiger partial charge in [0.25, 0.3) is 0 Å². The molecule has 0 radical (unpaired) electrons. The maximum Gasteiger partial charge on any atom is 0.161 e. The maximum atomic E-state index is 5.42. The molecule has 2 nitrogen and oxygen atoms in total. The van der Waals surface area contributed by atoms with Crippen LogP contribution < -0.4 is 0 Å². The molecule has 0 fully saturated rings. The lowest BCUT2D eigenvalue weighted by Crippen LogP contribution is -2.14. The summed E-state index contributed by atoms with van der Waals surface area (Å²) in [6.07, 6.45) is 0. The lowest BCUT2D eigenvalue weighted by atomic mass is 9.81.